The summed E-state index contributed by atoms with van der Waals surface area (Å²) in [4.78, 5) is 11.2. The smallest absolute Gasteiger partial charge is 0.257 e. The number of halogens is 2. The number of hydrogen-bond donors (Lipinski definition) is 2. The van der Waals surface area contributed by atoms with Crippen LogP contribution in [-0.4, -0.2) is 68.0 Å². The Bertz CT molecular complexity index is 1070. The lowest BCUT2D eigenvalue weighted by atomic mass is 9.60. The molecule has 3 fully saturated rings. The summed E-state index contributed by atoms with van der Waals surface area (Å²) < 4.78 is 35.4. The standard InChI is InChI=1S/C19H22F2N8O/c20-19(21)4-3-18(19)9-28(10-18)15-14(12-7-23-24-8-12)22-11-29-16(15)26-17(27-29)25-13-1-5-30-6-2-13/h7-8,11,13H,1-6,9-10H2,(H,23,24)(H,25,27). The van der Waals surface area contributed by atoms with E-state index in [1.807, 2.05) is 4.90 Å². The Balaban J connectivity index is 1.38. The average molecular weight is 416 g/mol. The summed E-state index contributed by atoms with van der Waals surface area (Å²) in [5.41, 5.74) is 1.86. The number of fused-ring (bicyclic) bond motifs is 1. The summed E-state index contributed by atoms with van der Waals surface area (Å²) in [6.45, 7) is 2.02. The predicted molar refractivity (Wildman–Crippen MR) is 105 cm³/mol. The molecule has 1 spiro atoms. The molecule has 9 nitrogen and oxygen atoms in total. The topological polar surface area (TPSA) is 96.3 Å². The molecule has 5 heterocycles. The highest BCUT2D eigenvalue weighted by Gasteiger charge is 2.67. The van der Waals surface area contributed by atoms with Crippen molar-refractivity contribution < 1.29 is 13.5 Å². The summed E-state index contributed by atoms with van der Waals surface area (Å²) >= 11 is 0. The van der Waals surface area contributed by atoms with Crippen LogP contribution in [0.4, 0.5) is 20.4 Å². The van der Waals surface area contributed by atoms with Crippen LogP contribution >= 0.6 is 0 Å². The molecule has 0 unspecified atom stereocenters. The fourth-order valence-corrected chi connectivity index (χ4v) is 4.71. The van der Waals surface area contributed by atoms with E-state index in [1.54, 1.807) is 23.2 Å². The van der Waals surface area contributed by atoms with Crippen molar-refractivity contribution in [2.75, 3.05) is 36.5 Å². The van der Waals surface area contributed by atoms with Gasteiger partial charge < -0.3 is 15.0 Å². The van der Waals surface area contributed by atoms with Crippen molar-refractivity contribution in [2.24, 2.45) is 5.41 Å². The molecule has 3 aromatic heterocycles. The number of alkyl halides is 2. The van der Waals surface area contributed by atoms with Gasteiger partial charge in [0.2, 0.25) is 5.95 Å². The first-order chi connectivity index (χ1) is 14.5. The molecule has 0 radical (unpaired) electrons. The van der Waals surface area contributed by atoms with Gasteiger partial charge in [-0.2, -0.15) is 14.6 Å². The number of rotatable bonds is 4. The fourth-order valence-electron chi connectivity index (χ4n) is 4.71. The maximum Gasteiger partial charge on any atom is 0.257 e. The lowest BCUT2D eigenvalue weighted by Crippen LogP contribution is -2.70. The van der Waals surface area contributed by atoms with E-state index in [-0.39, 0.29) is 12.5 Å². The SMILES string of the molecule is FC1(F)CCC12CN(c1c(-c3cn[nH]c3)ncn3nc(NC4CCOCC4)nc13)C2. The summed E-state index contributed by atoms with van der Waals surface area (Å²) in [5.74, 6) is -2.08. The van der Waals surface area contributed by atoms with Crippen LogP contribution in [0.2, 0.25) is 0 Å². The molecule has 6 rings (SSSR count). The molecule has 11 heteroatoms. The number of anilines is 2. The van der Waals surface area contributed by atoms with E-state index in [0.29, 0.717) is 50.0 Å². The molecule has 1 aliphatic carbocycles. The predicted octanol–water partition coefficient (Wildman–Crippen LogP) is 2.34. The average Bonchev–Trinajstić information content (AvgIpc) is 3.36. The van der Waals surface area contributed by atoms with Crippen LogP contribution < -0.4 is 10.2 Å². The van der Waals surface area contributed by atoms with Gasteiger partial charge in [-0.05, 0) is 19.3 Å². The zero-order valence-corrected chi connectivity index (χ0v) is 16.3. The van der Waals surface area contributed by atoms with E-state index >= 15 is 0 Å². The monoisotopic (exact) mass is 416 g/mol. The van der Waals surface area contributed by atoms with E-state index in [9.17, 15) is 8.78 Å². The molecule has 3 aliphatic rings. The molecule has 1 saturated carbocycles. The van der Waals surface area contributed by atoms with Gasteiger partial charge in [-0.15, -0.1) is 5.10 Å². The maximum absolute atomic E-state index is 14.2. The Morgan fingerprint density at radius 2 is 2.03 bits per heavy atom. The number of nitrogens with one attached hydrogen (secondary N) is 2. The number of hydrogen-bond acceptors (Lipinski definition) is 7. The number of ether oxygens (including phenoxy) is 1. The van der Waals surface area contributed by atoms with Gasteiger partial charge in [0.15, 0.2) is 5.65 Å². The highest BCUT2D eigenvalue weighted by Crippen LogP contribution is 2.60. The maximum atomic E-state index is 14.2. The number of nitrogens with zero attached hydrogens (tertiary/aromatic N) is 6. The second-order valence-corrected chi connectivity index (χ2v) is 8.50. The quantitative estimate of drug-likeness (QED) is 0.674. The van der Waals surface area contributed by atoms with Crippen LogP contribution in [-0.2, 0) is 4.74 Å². The highest BCUT2D eigenvalue weighted by molar-refractivity contribution is 5.86. The molecule has 0 amide bonds. The van der Waals surface area contributed by atoms with E-state index < -0.39 is 11.3 Å². The Morgan fingerprint density at radius 3 is 2.70 bits per heavy atom. The fraction of sp³-hybridized carbons (Fsp3) is 0.579. The molecule has 2 saturated heterocycles. The van der Waals surface area contributed by atoms with Crippen LogP contribution in [0.25, 0.3) is 16.9 Å². The van der Waals surface area contributed by atoms with E-state index in [1.165, 1.54) is 0 Å². The van der Waals surface area contributed by atoms with Crippen molar-refractivity contribution in [1.82, 2.24) is 29.8 Å². The molecule has 2 N–H and O–H groups in total. The van der Waals surface area contributed by atoms with Gasteiger partial charge in [-0.3, -0.25) is 5.10 Å². The molecule has 0 atom stereocenters. The van der Waals surface area contributed by atoms with Crippen molar-refractivity contribution in [3.63, 3.8) is 0 Å². The second-order valence-electron chi connectivity index (χ2n) is 8.50. The first kappa shape index (κ1) is 18.0. The molecule has 0 aromatic carbocycles. The third-order valence-corrected chi connectivity index (χ3v) is 6.69. The molecular formula is C19H22F2N8O. The summed E-state index contributed by atoms with van der Waals surface area (Å²) in [6, 6.07) is 0.252. The van der Waals surface area contributed by atoms with Crippen LogP contribution in [0.1, 0.15) is 25.7 Å². The third kappa shape index (κ3) is 2.60. The molecule has 3 aromatic rings. The van der Waals surface area contributed by atoms with Gasteiger partial charge in [-0.25, -0.2) is 13.8 Å². The lowest BCUT2D eigenvalue weighted by Gasteiger charge is -2.60. The minimum absolute atomic E-state index is 0.0258. The highest BCUT2D eigenvalue weighted by atomic mass is 19.3. The minimum atomic E-state index is -2.60. The van der Waals surface area contributed by atoms with E-state index in [0.717, 1.165) is 24.1 Å². The largest absolute Gasteiger partial charge is 0.381 e. The van der Waals surface area contributed by atoms with Crippen molar-refractivity contribution in [2.45, 2.75) is 37.6 Å². The van der Waals surface area contributed by atoms with E-state index in [4.69, 9.17) is 9.72 Å². The van der Waals surface area contributed by atoms with Crippen molar-refractivity contribution in [3.8, 4) is 11.3 Å². The van der Waals surface area contributed by atoms with Crippen LogP contribution in [0, 0.1) is 5.41 Å². The van der Waals surface area contributed by atoms with Crippen LogP contribution in [0.15, 0.2) is 18.7 Å². The number of aromatic nitrogens is 6. The molecule has 30 heavy (non-hydrogen) atoms. The van der Waals surface area contributed by atoms with Crippen LogP contribution in [0.5, 0.6) is 0 Å². The lowest BCUT2D eigenvalue weighted by molar-refractivity contribution is -0.212. The Hall–Kier alpha value is -2.82. The summed E-state index contributed by atoms with van der Waals surface area (Å²) in [5, 5.41) is 14.7. The van der Waals surface area contributed by atoms with Gasteiger partial charge in [0.25, 0.3) is 5.92 Å². The van der Waals surface area contributed by atoms with Gasteiger partial charge in [0.05, 0.1) is 11.6 Å². The Morgan fingerprint density at radius 1 is 1.20 bits per heavy atom. The number of aromatic amines is 1. The van der Waals surface area contributed by atoms with Crippen molar-refractivity contribution in [1.29, 1.82) is 0 Å². The Labute approximate surface area is 170 Å². The normalized spacial score (nSPS) is 22.8. The summed E-state index contributed by atoms with van der Waals surface area (Å²) in [6.07, 6.45) is 7.34. The molecule has 2 aliphatic heterocycles. The molecular weight excluding hydrogens is 394 g/mol. The van der Waals surface area contributed by atoms with Crippen molar-refractivity contribution >= 4 is 17.3 Å². The summed E-state index contributed by atoms with van der Waals surface area (Å²) in [7, 11) is 0. The van der Waals surface area contributed by atoms with E-state index in [2.05, 4.69) is 25.6 Å². The zero-order chi connectivity index (χ0) is 20.3. The minimum Gasteiger partial charge on any atom is -0.381 e. The second kappa shape index (κ2) is 6.34. The van der Waals surface area contributed by atoms with Gasteiger partial charge in [0.1, 0.15) is 17.7 Å². The van der Waals surface area contributed by atoms with Gasteiger partial charge in [-0.1, -0.05) is 0 Å². The first-order valence-corrected chi connectivity index (χ1v) is 10.3. The van der Waals surface area contributed by atoms with Gasteiger partial charge in [0, 0.05) is 50.5 Å². The number of H-pyrrole nitrogens is 1. The molecule has 0 bridgehead atoms. The van der Waals surface area contributed by atoms with Gasteiger partial charge >= 0.3 is 0 Å². The Kier molecular flexibility index (Phi) is 3.80. The zero-order valence-electron chi connectivity index (χ0n) is 16.3. The third-order valence-electron chi connectivity index (χ3n) is 6.69. The first-order valence-electron chi connectivity index (χ1n) is 10.3. The van der Waals surface area contributed by atoms with Crippen LogP contribution in [0.3, 0.4) is 0 Å². The molecule has 158 valence electrons. The van der Waals surface area contributed by atoms with Crippen molar-refractivity contribution in [3.05, 3.63) is 18.7 Å².